The minimum Gasteiger partial charge on any atom is -0.464 e. The lowest BCUT2D eigenvalue weighted by molar-refractivity contribution is -0.118. The molecule has 0 saturated carbocycles. The van der Waals surface area contributed by atoms with Crippen molar-refractivity contribution in [1.82, 2.24) is 19.9 Å². The Balaban J connectivity index is 1.65. The van der Waals surface area contributed by atoms with Crippen LogP contribution in [0.15, 0.2) is 30.5 Å². The number of hydrogen-bond donors (Lipinski definition) is 1. The molecule has 1 aliphatic heterocycles. The summed E-state index contributed by atoms with van der Waals surface area (Å²) in [6.07, 6.45) is 1.47. The van der Waals surface area contributed by atoms with Gasteiger partial charge in [-0.1, -0.05) is 11.3 Å². The van der Waals surface area contributed by atoms with Crippen LogP contribution in [0, 0.1) is 0 Å². The van der Waals surface area contributed by atoms with E-state index in [2.05, 4.69) is 20.4 Å². The average Bonchev–Trinajstić information content (AvgIpc) is 3.12. The normalized spacial score (nSPS) is 14.9. The summed E-state index contributed by atoms with van der Waals surface area (Å²) < 4.78 is 11.3. The number of methoxy groups -OCH3 is 1. The highest BCUT2D eigenvalue weighted by molar-refractivity contribution is 5.92. The lowest BCUT2D eigenvalue weighted by Crippen LogP contribution is -2.41. The van der Waals surface area contributed by atoms with Gasteiger partial charge in [-0.15, -0.1) is 5.10 Å². The summed E-state index contributed by atoms with van der Waals surface area (Å²) in [5.74, 6) is -0.644. The zero-order chi connectivity index (χ0) is 17.6. The van der Waals surface area contributed by atoms with Crippen LogP contribution in [0.4, 0.5) is 5.69 Å². The predicted octanol–water partition coefficient (Wildman–Crippen LogP) is 0.325. The van der Waals surface area contributed by atoms with Gasteiger partial charge in [0.15, 0.2) is 5.69 Å². The first-order chi connectivity index (χ1) is 12.2. The minimum absolute atomic E-state index is 0.0899. The first-order valence-corrected chi connectivity index (χ1v) is 7.87. The Morgan fingerprint density at radius 1 is 1.32 bits per heavy atom. The van der Waals surface area contributed by atoms with Gasteiger partial charge in [0, 0.05) is 18.8 Å². The summed E-state index contributed by atoms with van der Waals surface area (Å²) in [6, 6.07) is 7.14. The van der Waals surface area contributed by atoms with Gasteiger partial charge in [0.1, 0.15) is 0 Å². The summed E-state index contributed by atoms with van der Waals surface area (Å²) in [4.78, 5) is 25.7. The predicted molar refractivity (Wildman–Crippen MR) is 88.6 cm³/mol. The molecule has 0 bridgehead atoms. The molecule has 2 aromatic rings. The Kier molecular flexibility index (Phi) is 5.36. The van der Waals surface area contributed by atoms with Crippen LogP contribution >= 0.6 is 0 Å². The third kappa shape index (κ3) is 4.40. The number of amides is 1. The Morgan fingerprint density at radius 2 is 2.12 bits per heavy atom. The van der Waals surface area contributed by atoms with E-state index < -0.39 is 5.97 Å². The van der Waals surface area contributed by atoms with Crippen molar-refractivity contribution in [2.45, 2.75) is 0 Å². The second-order valence-electron chi connectivity index (χ2n) is 5.53. The van der Waals surface area contributed by atoms with E-state index in [1.807, 2.05) is 4.90 Å². The van der Waals surface area contributed by atoms with Crippen LogP contribution in [0.1, 0.15) is 10.5 Å². The number of carbonyl (C=O) groups excluding carboxylic acids is 2. The molecule has 1 saturated heterocycles. The van der Waals surface area contributed by atoms with Gasteiger partial charge < -0.3 is 14.8 Å². The highest BCUT2D eigenvalue weighted by Crippen LogP contribution is 2.14. The van der Waals surface area contributed by atoms with Crippen LogP contribution in [-0.4, -0.2) is 71.7 Å². The van der Waals surface area contributed by atoms with Crippen molar-refractivity contribution in [3.8, 4) is 5.69 Å². The first-order valence-electron chi connectivity index (χ1n) is 7.87. The molecular weight excluding hydrogens is 326 g/mol. The molecule has 1 fully saturated rings. The molecule has 1 aromatic carbocycles. The number of hydrogen-bond acceptors (Lipinski definition) is 7. The van der Waals surface area contributed by atoms with E-state index in [0.29, 0.717) is 31.1 Å². The Bertz CT molecular complexity index is 754. The van der Waals surface area contributed by atoms with Crippen LogP contribution in [0.3, 0.4) is 0 Å². The molecule has 132 valence electrons. The second kappa shape index (κ2) is 7.86. The molecule has 0 radical (unpaired) electrons. The third-order valence-electron chi connectivity index (χ3n) is 3.75. The number of rotatable bonds is 5. The van der Waals surface area contributed by atoms with Gasteiger partial charge in [-0.25, -0.2) is 9.48 Å². The zero-order valence-corrected chi connectivity index (χ0v) is 13.8. The van der Waals surface area contributed by atoms with E-state index in [9.17, 15) is 9.59 Å². The number of ether oxygens (including phenoxy) is 2. The molecule has 25 heavy (non-hydrogen) atoms. The van der Waals surface area contributed by atoms with Gasteiger partial charge >= 0.3 is 5.97 Å². The molecule has 1 aliphatic rings. The molecule has 9 nitrogen and oxygen atoms in total. The van der Waals surface area contributed by atoms with E-state index in [-0.39, 0.29) is 11.6 Å². The SMILES string of the molecule is COC(=O)c1cn(-c2cccc(NC(=O)CN3CCOCC3)c2)nn1. The summed E-state index contributed by atoms with van der Waals surface area (Å²) in [5, 5.41) is 10.5. The van der Waals surface area contributed by atoms with Crippen molar-refractivity contribution in [3.63, 3.8) is 0 Å². The Labute approximate surface area is 144 Å². The van der Waals surface area contributed by atoms with Crippen molar-refractivity contribution in [1.29, 1.82) is 0 Å². The number of morpholine rings is 1. The van der Waals surface area contributed by atoms with E-state index >= 15 is 0 Å². The maximum Gasteiger partial charge on any atom is 0.360 e. The summed E-state index contributed by atoms with van der Waals surface area (Å²) in [6.45, 7) is 3.13. The maximum absolute atomic E-state index is 12.2. The molecule has 3 rings (SSSR count). The fraction of sp³-hybridized carbons (Fsp3) is 0.375. The van der Waals surface area contributed by atoms with Gasteiger partial charge in [0.25, 0.3) is 0 Å². The maximum atomic E-state index is 12.2. The third-order valence-corrected chi connectivity index (χ3v) is 3.75. The van der Waals surface area contributed by atoms with Crippen molar-refractivity contribution >= 4 is 17.6 Å². The van der Waals surface area contributed by atoms with Gasteiger partial charge in [0.05, 0.1) is 38.8 Å². The van der Waals surface area contributed by atoms with Crippen molar-refractivity contribution < 1.29 is 19.1 Å². The largest absolute Gasteiger partial charge is 0.464 e. The summed E-state index contributed by atoms with van der Waals surface area (Å²) >= 11 is 0. The molecule has 1 aromatic heterocycles. The fourth-order valence-corrected chi connectivity index (χ4v) is 2.48. The standard InChI is InChI=1S/C16H19N5O4/c1-24-16(23)14-10-21(19-18-14)13-4-2-3-12(9-13)17-15(22)11-20-5-7-25-8-6-20/h2-4,9-10H,5-8,11H2,1H3,(H,17,22). The highest BCUT2D eigenvalue weighted by atomic mass is 16.5. The molecule has 1 amide bonds. The van der Waals surface area contributed by atoms with Gasteiger partial charge in [-0.3, -0.25) is 9.69 Å². The molecule has 0 spiro atoms. The second-order valence-corrected chi connectivity index (χ2v) is 5.53. The average molecular weight is 345 g/mol. The number of nitrogens with one attached hydrogen (secondary N) is 1. The van der Waals surface area contributed by atoms with Crippen molar-refractivity contribution in [2.24, 2.45) is 0 Å². The molecule has 9 heteroatoms. The fourth-order valence-electron chi connectivity index (χ4n) is 2.48. The Hall–Kier alpha value is -2.78. The monoisotopic (exact) mass is 345 g/mol. The van der Waals surface area contributed by atoms with E-state index in [0.717, 1.165) is 13.1 Å². The number of benzene rings is 1. The summed E-state index contributed by atoms with van der Waals surface area (Å²) in [5.41, 5.74) is 1.43. The molecular formula is C16H19N5O4. The quantitative estimate of drug-likeness (QED) is 0.780. The number of anilines is 1. The summed E-state index contributed by atoms with van der Waals surface area (Å²) in [7, 11) is 1.28. The molecule has 1 N–H and O–H groups in total. The number of carbonyl (C=O) groups is 2. The molecule has 2 heterocycles. The van der Waals surface area contributed by atoms with Crippen LogP contribution in [-0.2, 0) is 14.3 Å². The smallest absolute Gasteiger partial charge is 0.360 e. The number of nitrogens with zero attached hydrogens (tertiary/aromatic N) is 4. The molecule has 0 atom stereocenters. The van der Waals surface area contributed by atoms with Gasteiger partial charge in [0.2, 0.25) is 5.91 Å². The Morgan fingerprint density at radius 3 is 2.88 bits per heavy atom. The van der Waals surface area contributed by atoms with Crippen molar-refractivity contribution in [2.75, 3.05) is 45.3 Å². The lowest BCUT2D eigenvalue weighted by Gasteiger charge is -2.25. The highest BCUT2D eigenvalue weighted by Gasteiger charge is 2.15. The number of esters is 1. The van der Waals surface area contributed by atoms with E-state index in [1.54, 1.807) is 24.3 Å². The minimum atomic E-state index is -0.554. The van der Waals surface area contributed by atoms with E-state index in [1.165, 1.54) is 18.0 Å². The van der Waals surface area contributed by atoms with Crippen LogP contribution in [0.2, 0.25) is 0 Å². The van der Waals surface area contributed by atoms with Gasteiger partial charge in [-0.05, 0) is 18.2 Å². The molecule has 0 unspecified atom stereocenters. The first kappa shape index (κ1) is 17.1. The zero-order valence-electron chi connectivity index (χ0n) is 13.8. The van der Waals surface area contributed by atoms with E-state index in [4.69, 9.17) is 4.74 Å². The molecule has 0 aliphatic carbocycles. The number of aromatic nitrogens is 3. The van der Waals surface area contributed by atoms with Crippen molar-refractivity contribution in [3.05, 3.63) is 36.2 Å². The van der Waals surface area contributed by atoms with Crippen LogP contribution in [0.5, 0.6) is 0 Å². The van der Waals surface area contributed by atoms with Crippen LogP contribution in [0.25, 0.3) is 5.69 Å². The lowest BCUT2D eigenvalue weighted by atomic mass is 10.2. The van der Waals surface area contributed by atoms with Crippen LogP contribution < -0.4 is 5.32 Å². The van der Waals surface area contributed by atoms with Gasteiger partial charge in [-0.2, -0.15) is 0 Å². The topological polar surface area (TPSA) is 98.6 Å².